The smallest absolute Gasteiger partial charge is 0.0635 e. The van der Waals surface area contributed by atoms with Crippen molar-refractivity contribution in [2.45, 2.75) is 0 Å². The van der Waals surface area contributed by atoms with Crippen molar-refractivity contribution in [1.29, 1.82) is 0 Å². The first-order chi connectivity index (χ1) is 20.3. The molecule has 0 saturated carbocycles. The van der Waals surface area contributed by atoms with Gasteiger partial charge in [-0.15, -0.1) is 11.3 Å². The zero-order valence-corrected chi connectivity index (χ0v) is 22.8. The maximum atomic E-state index is 2.48. The number of benzene rings is 6. The molecule has 0 saturated heterocycles. The minimum Gasteiger partial charge on any atom is -0.314 e. The molecule has 4 heterocycles. The summed E-state index contributed by atoms with van der Waals surface area (Å²) in [6.45, 7) is 0. The van der Waals surface area contributed by atoms with E-state index in [0.29, 0.717) is 0 Å². The Bertz CT molecular complexity index is 2690. The molecule has 10 aromatic rings. The molecule has 3 heteroatoms. The Balaban J connectivity index is 1.52. The van der Waals surface area contributed by atoms with Crippen molar-refractivity contribution in [3.63, 3.8) is 0 Å². The molecular weight excluding hydrogens is 516 g/mol. The number of aromatic nitrogens is 2. The van der Waals surface area contributed by atoms with Crippen molar-refractivity contribution < 1.29 is 0 Å². The van der Waals surface area contributed by atoms with Gasteiger partial charge in [0.05, 0.1) is 22.1 Å². The molecule has 6 aromatic carbocycles. The molecule has 41 heavy (non-hydrogen) atoms. The monoisotopic (exact) mass is 538 g/mol. The Kier molecular flexibility index (Phi) is 4.10. The minimum absolute atomic E-state index is 1.18. The van der Waals surface area contributed by atoms with E-state index in [1.165, 1.54) is 85.6 Å². The summed E-state index contributed by atoms with van der Waals surface area (Å²) in [5, 5.41) is 11.7. The molecule has 2 nitrogen and oxygen atoms in total. The number of fused-ring (bicyclic) bond motifs is 15. The van der Waals surface area contributed by atoms with Gasteiger partial charge in [-0.3, -0.25) is 0 Å². The van der Waals surface area contributed by atoms with Crippen molar-refractivity contribution in [1.82, 2.24) is 8.97 Å². The van der Waals surface area contributed by atoms with Crippen molar-refractivity contribution in [3.8, 4) is 5.69 Å². The third kappa shape index (κ3) is 2.76. The van der Waals surface area contributed by atoms with Gasteiger partial charge in [-0.25, -0.2) is 0 Å². The van der Waals surface area contributed by atoms with E-state index in [-0.39, 0.29) is 0 Å². The van der Waals surface area contributed by atoms with Crippen molar-refractivity contribution in [2.75, 3.05) is 0 Å². The Labute approximate surface area is 238 Å². The van der Waals surface area contributed by atoms with E-state index in [0.717, 1.165) is 0 Å². The van der Waals surface area contributed by atoms with Gasteiger partial charge in [0.2, 0.25) is 0 Å². The second kappa shape index (κ2) is 7.75. The van der Waals surface area contributed by atoms with Crippen LogP contribution in [0.25, 0.3) is 85.6 Å². The third-order valence-corrected chi connectivity index (χ3v) is 9.99. The largest absolute Gasteiger partial charge is 0.314 e. The zero-order chi connectivity index (χ0) is 26.7. The fraction of sp³-hybridized carbons (Fsp3) is 0. The van der Waals surface area contributed by atoms with Gasteiger partial charge in [-0.05, 0) is 47.9 Å². The van der Waals surface area contributed by atoms with Crippen LogP contribution in [-0.2, 0) is 0 Å². The SMILES string of the molecule is c1ccc(-n2c3ccccc3c3c2ccc2c4cc5c(cc4c4c6ccccc6cn4c23)sc2ccccc25)cc1. The van der Waals surface area contributed by atoms with Crippen molar-refractivity contribution in [3.05, 3.63) is 134 Å². The average molecular weight is 539 g/mol. The standard InChI is InChI=1S/C38H22N2S/c1-2-11-24(12-3-1)40-32-16-8-6-15-28(32)36-33(40)19-18-27-29-20-30-26-14-7-9-17-34(26)41-35(30)21-31(29)37-25-13-5-4-10-23(25)22-39(37)38(27)36/h1-22H. The van der Waals surface area contributed by atoms with Crippen LogP contribution in [0.5, 0.6) is 0 Å². The van der Waals surface area contributed by atoms with E-state index >= 15 is 0 Å². The van der Waals surface area contributed by atoms with Crippen LogP contribution < -0.4 is 0 Å². The lowest BCUT2D eigenvalue weighted by Crippen LogP contribution is -1.94. The van der Waals surface area contributed by atoms with Crippen LogP contribution in [0.1, 0.15) is 0 Å². The Hall–Kier alpha value is -5.12. The zero-order valence-electron chi connectivity index (χ0n) is 22.0. The van der Waals surface area contributed by atoms with Gasteiger partial charge < -0.3 is 8.97 Å². The van der Waals surface area contributed by atoms with Gasteiger partial charge in [-0.1, -0.05) is 84.9 Å². The lowest BCUT2D eigenvalue weighted by atomic mass is 9.99. The van der Waals surface area contributed by atoms with E-state index in [1.807, 2.05) is 11.3 Å². The molecule has 0 spiro atoms. The van der Waals surface area contributed by atoms with Crippen LogP contribution >= 0.6 is 11.3 Å². The number of hydrogen-bond acceptors (Lipinski definition) is 1. The molecule has 0 unspecified atom stereocenters. The highest BCUT2D eigenvalue weighted by Crippen LogP contribution is 2.45. The fourth-order valence-corrected chi connectivity index (χ4v) is 8.29. The Morgan fingerprint density at radius 2 is 1.20 bits per heavy atom. The molecule has 0 amide bonds. The molecule has 0 aliphatic carbocycles. The fourth-order valence-electron chi connectivity index (χ4n) is 7.16. The predicted molar refractivity (Wildman–Crippen MR) is 177 cm³/mol. The van der Waals surface area contributed by atoms with Gasteiger partial charge >= 0.3 is 0 Å². The summed E-state index contributed by atoms with van der Waals surface area (Å²) in [7, 11) is 0. The van der Waals surface area contributed by atoms with E-state index in [2.05, 4.69) is 143 Å². The van der Waals surface area contributed by atoms with Crippen LogP contribution in [-0.4, -0.2) is 8.97 Å². The summed E-state index contributed by atoms with van der Waals surface area (Å²) in [5.74, 6) is 0. The van der Waals surface area contributed by atoms with Crippen molar-refractivity contribution in [2.24, 2.45) is 0 Å². The third-order valence-electron chi connectivity index (χ3n) is 8.85. The second-order valence-electron chi connectivity index (χ2n) is 11.0. The number of nitrogens with zero attached hydrogens (tertiary/aromatic N) is 2. The Morgan fingerprint density at radius 1 is 0.439 bits per heavy atom. The number of hydrogen-bond donors (Lipinski definition) is 0. The molecule has 10 rings (SSSR count). The normalized spacial score (nSPS) is 12.4. The molecule has 0 aliphatic rings. The van der Waals surface area contributed by atoms with Crippen LogP contribution in [0.2, 0.25) is 0 Å². The van der Waals surface area contributed by atoms with Crippen LogP contribution in [0, 0.1) is 0 Å². The van der Waals surface area contributed by atoms with Gasteiger partial charge in [0.15, 0.2) is 0 Å². The molecule has 0 aliphatic heterocycles. The van der Waals surface area contributed by atoms with Crippen LogP contribution in [0.3, 0.4) is 0 Å². The first kappa shape index (κ1) is 21.7. The number of para-hydroxylation sites is 2. The van der Waals surface area contributed by atoms with Gasteiger partial charge in [0.25, 0.3) is 0 Å². The lowest BCUT2D eigenvalue weighted by Gasteiger charge is -2.13. The van der Waals surface area contributed by atoms with Gasteiger partial charge in [0, 0.05) is 64.4 Å². The summed E-state index contributed by atoms with van der Waals surface area (Å²) < 4.78 is 7.57. The molecule has 0 radical (unpaired) electrons. The summed E-state index contributed by atoms with van der Waals surface area (Å²) in [4.78, 5) is 0. The molecule has 0 bridgehead atoms. The molecule has 0 atom stereocenters. The maximum absolute atomic E-state index is 2.48. The summed E-state index contributed by atoms with van der Waals surface area (Å²) in [6, 6.07) is 46.8. The van der Waals surface area contributed by atoms with Gasteiger partial charge in [0.1, 0.15) is 0 Å². The first-order valence-corrected chi connectivity index (χ1v) is 14.8. The van der Waals surface area contributed by atoms with Crippen LogP contribution in [0.15, 0.2) is 134 Å². The molecular formula is C38H22N2S. The molecule has 4 aromatic heterocycles. The summed E-state index contributed by atoms with van der Waals surface area (Å²) in [5.41, 5.74) is 6.19. The van der Waals surface area contributed by atoms with E-state index in [4.69, 9.17) is 0 Å². The highest BCUT2D eigenvalue weighted by atomic mass is 32.1. The topological polar surface area (TPSA) is 9.34 Å². The first-order valence-electron chi connectivity index (χ1n) is 14.0. The average Bonchev–Trinajstić information content (AvgIpc) is 3.70. The summed E-state index contributed by atoms with van der Waals surface area (Å²) >= 11 is 1.89. The van der Waals surface area contributed by atoms with E-state index in [9.17, 15) is 0 Å². The minimum atomic E-state index is 1.18. The number of pyridine rings is 1. The summed E-state index contributed by atoms with van der Waals surface area (Å²) in [6.07, 6.45) is 2.34. The van der Waals surface area contributed by atoms with E-state index < -0.39 is 0 Å². The Morgan fingerprint density at radius 3 is 2.10 bits per heavy atom. The molecule has 0 N–H and O–H groups in total. The number of rotatable bonds is 1. The van der Waals surface area contributed by atoms with Crippen LogP contribution in [0.4, 0.5) is 0 Å². The predicted octanol–water partition coefficient (Wildman–Crippen LogP) is 10.9. The highest BCUT2D eigenvalue weighted by Gasteiger charge is 2.20. The maximum Gasteiger partial charge on any atom is 0.0635 e. The van der Waals surface area contributed by atoms with Gasteiger partial charge in [-0.2, -0.15) is 0 Å². The second-order valence-corrected chi connectivity index (χ2v) is 12.1. The lowest BCUT2D eigenvalue weighted by molar-refractivity contribution is 1.18. The van der Waals surface area contributed by atoms with Crippen molar-refractivity contribution >= 4 is 91.3 Å². The quantitative estimate of drug-likeness (QED) is 0.184. The molecule has 190 valence electrons. The van der Waals surface area contributed by atoms with E-state index in [1.54, 1.807) is 0 Å². The highest BCUT2D eigenvalue weighted by molar-refractivity contribution is 7.25. The molecule has 0 fully saturated rings. The number of thiophene rings is 1.